The smallest absolute Gasteiger partial charge is 0.253 e. The van der Waals surface area contributed by atoms with Gasteiger partial charge in [0.2, 0.25) is 0 Å². The maximum Gasteiger partial charge on any atom is 0.253 e. The van der Waals surface area contributed by atoms with Crippen LogP contribution < -0.4 is 11.7 Å². The number of rotatable bonds is 7. The highest BCUT2D eigenvalue weighted by atomic mass is 35.5. The summed E-state index contributed by atoms with van der Waals surface area (Å²) in [6.45, 7) is 8.12. The van der Waals surface area contributed by atoms with Crippen molar-refractivity contribution in [3.63, 3.8) is 0 Å². The van der Waals surface area contributed by atoms with Crippen LogP contribution in [-0.4, -0.2) is 62.2 Å². The van der Waals surface area contributed by atoms with Crippen molar-refractivity contribution < 1.29 is 13.7 Å². The van der Waals surface area contributed by atoms with Crippen LogP contribution in [0.2, 0.25) is 5.02 Å². The van der Waals surface area contributed by atoms with Crippen LogP contribution in [0.5, 0.6) is 0 Å². The number of hydrazone groups is 1. The Labute approximate surface area is 192 Å². The van der Waals surface area contributed by atoms with Crippen LogP contribution in [0.4, 0.5) is 0 Å². The Hall–Kier alpha value is -1.68. The molecule has 4 unspecified atom stereocenters. The Bertz CT molecular complexity index is 810. The Balaban J connectivity index is 2.39. The number of nitrogens with two attached hydrogens (primary N) is 2. The number of amidine groups is 1. The molecule has 2 rings (SSSR count). The number of ether oxygens (including phenoxy) is 1. The number of amides is 1. The number of carbonyl (C=O) groups is 1. The lowest BCUT2D eigenvalue weighted by Crippen LogP contribution is -2.56. The summed E-state index contributed by atoms with van der Waals surface area (Å²) < 4.78 is 18.5. The van der Waals surface area contributed by atoms with Crippen LogP contribution in [0.15, 0.2) is 29.4 Å². The Morgan fingerprint density at radius 1 is 1.39 bits per heavy atom. The van der Waals surface area contributed by atoms with E-state index in [1.807, 2.05) is 44.7 Å². The van der Waals surface area contributed by atoms with Gasteiger partial charge >= 0.3 is 0 Å². The van der Waals surface area contributed by atoms with Crippen molar-refractivity contribution in [1.29, 1.82) is 0 Å². The van der Waals surface area contributed by atoms with Gasteiger partial charge in [0.25, 0.3) is 5.91 Å². The Morgan fingerprint density at radius 3 is 2.48 bits per heavy atom. The minimum atomic E-state index is -1.12. The molecule has 0 aromatic heterocycles. The third-order valence-electron chi connectivity index (χ3n) is 5.39. The molecule has 0 radical (unpaired) electrons. The maximum absolute atomic E-state index is 13.6. The molecule has 1 aliphatic rings. The van der Waals surface area contributed by atoms with Gasteiger partial charge in [0, 0.05) is 45.8 Å². The van der Waals surface area contributed by atoms with Gasteiger partial charge in [-0.2, -0.15) is 5.10 Å². The molecule has 1 heterocycles. The van der Waals surface area contributed by atoms with Crippen molar-refractivity contribution >= 4 is 34.1 Å². The summed E-state index contributed by atoms with van der Waals surface area (Å²) >= 11 is 6.06. The van der Waals surface area contributed by atoms with E-state index in [1.54, 1.807) is 19.2 Å². The van der Waals surface area contributed by atoms with Gasteiger partial charge in [-0.1, -0.05) is 30.7 Å². The molecule has 8 nitrogen and oxygen atoms in total. The van der Waals surface area contributed by atoms with Gasteiger partial charge in [-0.15, -0.1) is 0 Å². The lowest BCUT2D eigenvalue weighted by atomic mass is 9.99. The van der Waals surface area contributed by atoms with Gasteiger partial charge in [0.1, 0.15) is 11.9 Å². The molecule has 31 heavy (non-hydrogen) atoms. The van der Waals surface area contributed by atoms with E-state index < -0.39 is 16.9 Å². The number of carbonyl (C=O) groups excluding carboxylic acids is 1. The molecule has 0 saturated carbocycles. The first kappa shape index (κ1) is 25.6. The zero-order valence-corrected chi connectivity index (χ0v) is 20.4. The Morgan fingerprint density at radius 2 is 2.00 bits per heavy atom. The average Bonchev–Trinajstić information content (AvgIpc) is 2.70. The molecule has 1 fully saturated rings. The number of nitrogens with zero attached hydrogens (tertiary/aromatic N) is 3. The van der Waals surface area contributed by atoms with Crippen molar-refractivity contribution in [2.75, 3.05) is 19.4 Å². The zero-order valence-electron chi connectivity index (χ0n) is 18.9. The van der Waals surface area contributed by atoms with Gasteiger partial charge in [-0.05, 0) is 44.9 Å². The molecule has 1 aliphatic heterocycles. The molecule has 1 amide bonds. The summed E-state index contributed by atoms with van der Waals surface area (Å²) in [7, 11) is 0.488. The molecular weight excluding hydrogens is 438 g/mol. The number of hydrazine groups is 1. The van der Waals surface area contributed by atoms with Crippen molar-refractivity contribution in [2.45, 2.75) is 63.5 Å². The normalized spacial score (nSPS) is 22.4. The molecule has 174 valence electrons. The van der Waals surface area contributed by atoms with Crippen LogP contribution in [0.25, 0.3) is 0 Å². The van der Waals surface area contributed by atoms with E-state index in [9.17, 15) is 9.00 Å². The quantitative estimate of drug-likeness (QED) is 0.273. The molecule has 4 N–H and O–H groups in total. The second-order valence-electron chi connectivity index (χ2n) is 8.68. The third-order valence-corrected chi connectivity index (χ3v) is 7.70. The lowest BCUT2D eigenvalue weighted by molar-refractivity contribution is -0.163. The first-order valence-electron chi connectivity index (χ1n) is 10.3. The summed E-state index contributed by atoms with van der Waals surface area (Å²) in [5, 5.41) is 5.57. The van der Waals surface area contributed by atoms with Crippen LogP contribution >= 0.6 is 11.6 Å². The number of hydrogen-bond acceptors (Lipinski definition) is 6. The van der Waals surface area contributed by atoms with E-state index in [0.717, 1.165) is 5.56 Å². The fourth-order valence-corrected chi connectivity index (χ4v) is 4.85. The lowest BCUT2D eigenvalue weighted by Gasteiger charge is -2.44. The molecule has 1 aromatic rings. The first-order valence-corrected chi connectivity index (χ1v) is 12.0. The summed E-state index contributed by atoms with van der Waals surface area (Å²) in [5.41, 5.74) is 0.917. The fraction of sp³-hybridized carbons (Fsp3) is 0.619. The molecular formula is C21H34ClN5O3S. The molecule has 1 aromatic carbocycles. The van der Waals surface area contributed by atoms with Crippen molar-refractivity contribution in [3.05, 3.63) is 34.9 Å². The van der Waals surface area contributed by atoms with Crippen LogP contribution in [0, 0.1) is 0 Å². The van der Waals surface area contributed by atoms with Gasteiger partial charge in [0.05, 0.1) is 12.6 Å². The molecule has 4 atom stereocenters. The van der Waals surface area contributed by atoms with E-state index in [1.165, 1.54) is 5.01 Å². The van der Waals surface area contributed by atoms with Crippen molar-refractivity contribution in [2.24, 2.45) is 16.8 Å². The number of morpholine rings is 1. The average molecular weight is 472 g/mol. The predicted molar refractivity (Wildman–Crippen MR) is 126 cm³/mol. The van der Waals surface area contributed by atoms with Crippen LogP contribution in [0.1, 0.15) is 52.1 Å². The highest BCUT2D eigenvalue weighted by Crippen LogP contribution is 2.33. The minimum absolute atomic E-state index is 0.158. The van der Waals surface area contributed by atoms with Crippen molar-refractivity contribution in [3.8, 4) is 0 Å². The summed E-state index contributed by atoms with van der Waals surface area (Å²) in [5.74, 6) is 11.8. The van der Waals surface area contributed by atoms with Gasteiger partial charge in [-0.3, -0.25) is 14.0 Å². The first-order chi connectivity index (χ1) is 14.5. The predicted octanol–water partition coefficient (Wildman–Crippen LogP) is 2.40. The fourth-order valence-electron chi connectivity index (χ4n) is 3.47. The monoisotopic (exact) mass is 471 g/mol. The number of hydrogen-bond donors (Lipinski definition) is 2. The van der Waals surface area contributed by atoms with E-state index in [2.05, 4.69) is 5.10 Å². The van der Waals surface area contributed by atoms with Gasteiger partial charge in [-0.25, -0.2) is 5.84 Å². The van der Waals surface area contributed by atoms with Crippen LogP contribution in [-0.2, 0) is 20.3 Å². The summed E-state index contributed by atoms with van der Waals surface area (Å²) in [4.78, 5) is 15.4. The standard InChI is InChI=1S/C21H34ClN5O3S/c1-6-16(13-31(29)21(2,3)4)27-17(14-7-9-15(22)10-8-14)12-30-18(20(27)28)11-19(25-23)26(5)24/h7-10,16-18H,6,11-13,23-24H2,1-5H3/b25-19-. The second-order valence-corrected chi connectivity index (χ2v) is 11.4. The number of benzene rings is 1. The van der Waals surface area contributed by atoms with E-state index in [0.29, 0.717) is 29.6 Å². The topological polar surface area (TPSA) is 114 Å². The Kier molecular flexibility index (Phi) is 8.88. The van der Waals surface area contributed by atoms with Gasteiger partial charge < -0.3 is 15.5 Å². The highest BCUT2D eigenvalue weighted by Gasteiger charge is 2.42. The van der Waals surface area contributed by atoms with E-state index >= 15 is 0 Å². The SMILES string of the molecule is CCC(CS(=O)C(C)(C)C)N1C(=O)C(C/C(=N/N)N(C)N)OCC1c1ccc(Cl)cc1. The molecule has 0 aliphatic carbocycles. The number of halogens is 1. The summed E-state index contributed by atoms with van der Waals surface area (Å²) in [6, 6.07) is 6.85. The molecule has 0 bridgehead atoms. The van der Waals surface area contributed by atoms with Gasteiger partial charge in [0.15, 0.2) is 0 Å². The summed E-state index contributed by atoms with van der Waals surface area (Å²) in [6.07, 6.45) is 0.0539. The largest absolute Gasteiger partial charge is 0.365 e. The molecule has 1 saturated heterocycles. The van der Waals surface area contributed by atoms with Crippen molar-refractivity contribution in [1.82, 2.24) is 9.91 Å². The minimum Gasteiger partial charge on any atom is -0.365 e. The maximum atomic E-state index is 13.6. The third kappa shape index (κ3) is 6.41. The highest BCUT2D eigenvalue weighted by molar-refractivity contribution is 7.86. The van der Waals surface area contributed by atoms with Crippen LogP contribution in [0.3, 0.4) is 0 Å². The van der Waals surface area contributed by atoms with E-state index in [4.69, 9.17) is 28.0 Å². The zero-order chi connectivity index (χ0) is 23.3. The second kappa shape index (κ2) is 10.8. The molecule has 10 heteroatoms. The van der Waals surface area contributed by atoms with E-state index in [-0.39, 0.29) is 29.2 Å². The molecule has 0 spiro atoms.